The molecule has 0 saturated heterocycles. The lowest BCUT2D eigenvalue weighted by Gasteiger charge is -2.13. The Balaban J connectivity index is 0.000000493. The number of nitro benzene ring substituents is 1. The van der Waals surface area contributed by atoms with Crippen molar-refractivity contribution in [3.63, 3.8) is 0 Å². The Morgan fingerprint density at radius 1 is 0.417 bits per heavy atom. The van der Waals surface area contributed by atoms with E-state index < -0.39 is 115 Å². The first-order valence-electron chi connectivity index (χ1n) is 23.4. The van der Waals surface area contributed by atoms with Crippen LogP contribution in [0.1, 0.15) is 79.2 Å². The molecule has 0 aliphatic heterocycles. The van der Waals surface area contributed by atoms with Crippen molar-refractivity contribution in [3.8, 4) is 5.75 Å². The summed E-state index contributed by atoms with van der Waals surface area (Å²) in [6, 6.07) is 25.2. The average Bonchev–Trinajstić information content (AvgIpc) is 3.15. The van der Waals surface area contributed by atoms with E-state index in [1.807, 2.05) is 0 Å². The summed E-state index contributed by atoms with van der Waals surface area (Å²) in [5, 5.41) is 9.73. The highest BCUT2D eigenvalue weighted by Gasteiger charge is 2.37. The highest BCUT2D eigenvalue weighted by atomic mass is 35.5. The van der Waals surface area contributed by atoms with Gasteiger partial charge in [0.2, 0.25) is 5.82 Å². The van der Waals surface area contributed by atoms with E-state index in [1.54, 1.807) is 39.8 Å². The van der Waals surface area contributed by atoms with Crippen LogP contribution in [-0.4, -0.2) is 11.5 Å². The fourth-order valence-electron chi connectivity index (χ4n) is 6.07. The van der Waals surface area contributed by atoms with E-state index in [0.717, 1.165) is 48.9 Å². The Kier molecular flexibility index (Phi) is 28.2. The summed E-state index contributed by atoms with van der Waals surface area (Å²) >= 11 is 10.9. The first kappa shape index (κ1) is 74.9. The largest absolute Gasteiger partial charge is 0.493 e. The van der Waals surface area contributed by atoms with Crippen LogP contribution >= 0.6 is 23.2 Å². The van der Waals surface area contributed by atoms with Crippen LogP contribution in [0.4, 0.5) is 97.9 Å². The van der Waals surface area contributed by atoms with E-state index >= 15 is 0 Å². The predicted octanol–water partition coefficient (Wildman–Crippen LogP) is 21.8. The summed E-state index contributed by atoms with van der Waals surface area (Å²) < 4.78 is 261. The Morgan fingerprint density at radius 2 is 0.821 bits per heavy atom. The molecule has 0 bridgehead atoms. The van der Waals surface area contributed by atoms with Gasteiger partial charge < -0.3 is 4.74 Å². The van der Waals surface area contributed by atoms with Gasteiger partial charge in [-0.2, -0.15) is 65.9 Å². The van der Waals surface area contributed by atoms with E-state index in [0.29, 0.717) is 23.3 Å². The molecule has 84 heavy (non-hydrogen) atoms. The minimum atomic E-state index is -4.76. The fourth-order valence-corrected chi connectivity index (χ4v) is 6.56. The van der Waals surface area contributed by atoms with Gasteiger partial charge in [-0.1, -0.05) is 101 Å². The number of nitro groups is 1. The number of hydrogen-bond donors (Lipinski definition) is 0. The van der Waals surface area contributed by atoms with Crippen LogP contribution < -0.4 is 4.74 Å². The molecule has 27 heteroatoms. The van der Waals surface area contributed by atoms with Crippen molar-refractivity contribution in [3.05, 3.63) is 243 Å². The lowest BCUT2D eigenvalue weighted by molar-refractivity contribution is -0.384. The lowest BCUT2D eigenvalue weighted by atomic mass is 10.1. The molecule has 0 aliphatic carbocycles. The number of nitrogens with zero attached hydrogens (tertiary/aromatic N) is 1. The van der Waals surface area contributed by atoms with Gasteiger partial charge in [0.15, 0.2) is 28.3 Å². The molecule has 0 saturated carbocycles. The van der Waals surface area contributed by atoms with Crippen LogP contribution in [0.3, 0.4) is 0 Å². The zero-order chi connectivity index (χ0) is 65.2. The molecular formula is C57H48Cl2F21NO3. The molecule has 0 heterocycles. The number of halogens is 23. The van der Waals surface area contributed by atoms with Gasteiger partial charge in [0.1, 0.15) is 16.6 Å². The topological polar surface area (TPSA) is 52.4 Å². The zero-order valence-electron chi connectivity index (χ0n) is 45.0. The third-order valence-electron chi connectivity index (χ3n) is 10.5. The van der Waals surface area contributed by atoms with Crippen molar-refractivity contribution in [1.29, 1.82) is 0 Å². The molecule has 7 rings (SSSR count). The molecular weight excluding hydrogens is 1220 g/mol. The molecule has 7 aromatic carbocycles. The van der Waals surface area contributed by atoms with Crippen LogP contribution in [0.15, 0.2) is 115 Å². The van der Waals surface area contributed by atoms with E-state index in [4.69, 9.17) is 27.9 Å². The van der Waals surface area contributed by atoms with Gasteiger partial charge in [-0.3, -0.25) is 10.1 Å². The summed E-state index contributed by atoms with van der Waals surface area (Å²) in [4.78, 5) is 9.61. The summed E-state index contributed by atoms with van der Waals surface area (Å²) in [6.45, 7) is 14.6. The summed E-state index contributed by atoms with van der Waals surface area (Å²) in [6.07, 6.45) is -22.3. The third kappa shape index (κ3) is 24.2. The Hall–Kier alpha value is -7.15. The van der Waals surface area contributed by atoms with E-state index in [-0.39, 0.29) is 34.6 Å². The van der Waals surface area contributed by atoms with E-state index in [2.05, 4.69) is 38.1 Å². The van der Waals surface area contributed by atoms with Crippen LogP contribution in [-0.2, 0) is 30.9 Å². The second-order valence-electron chi connectivity index (χ2n) is 17.4. The molecule has 460 valence electrons. The molecule has 0 spiro atoms. The number of benzene rings is 7. The second-order valence-corrected chi connectivity index (χ2v) is 18.2. The van der Waals surface area contributed by atoms with Crippen molar-refractivity contribution in [2.45, 2.75) is 93.2 Å². The number of hydrogen-bond acceptors (Lipinski definition) is 3. The molecule has 0 aromatic heterocycles. The quantitative estimate of drug-likeness (QED) is 0.0582. The van der Waals surface area contributed by atoms with Gasteiger partial charge in [-0.15, -0.1) is 0 Å². The highest BCUT2D eigenvalue weighted by molar-refractivity contribution is 6.38. The zero-order valence-corrected chi connectivity index (χ0v) is 46.6. The molecule has 7 aromatic rings. The lowest BCUT2D eigenvalue weighted by Crippen LogP contribution is -2.11. The van der Waals surface area contributed by atoms with Gasteiger partial charge in [-0.05, 0) is 139 Å². The van der Waals surface area contributed by atoms with Gasteiger partial charge in [-0.25, -0.2) is 26.3 Å². The maximum Gasteiger partial charge on any atom is 0.419 e. The smallest absolute Gasteiger partial charge is 0.419 e. The SMILES string of the molecule is CCOc1ccc(C)cc1C(F)(F)F.Cc1c(F)c(F)c(F)c(F)c1F.Cc1cc(C(F)(F)F)cc(C(F)(F)F)c1.Cc1cc(F)c(Cl)c([N+](=O)[O-])c1Cl.Cc1ccc(C(F)(F)F)cc1.Cc1cccc(C(F)(F)F)c1.Cc1ccccc1C. The van der Waals surface area contributed by atoms with E-state index in [1.165, 1.54) is 49.2 Å². The van der Waals surface area contributed by atoms with Gasteiger partial charge in [0.25, 0.3) is 0 Å². The van der Waals surface area contributed by atoms with Crippen molar-refractivity contribution in [2.75, 3.05) is 6.61 Å². The normalized spacial score (nSPS) is 11.2. The Morgan fingerprint density at radius 3 is 1.19 bits per heavy atom. The number of alkyl halides is 15. The fraction of sp³-hybridized carbons (Fsp3) is 0.263. The molecule has 0 atom stereocenters. The first-order valence-corrected chi connectivity index (χ1v) is 24.2. The van der Waals surface area contributed by atoms with Crippen molar-refractivity contribution < 1.29 is 102 Å². The summed E-state index contributed by atoms with van der Waals surface area (Å²) in [7, 11) is 0. The van der Waals surface area contributed by atoms with Crippen molar-refractivity contribution in [1.82, 2.24) is 0 Å². The molecule has 0 unspecified atom stereocenters. The predicted molar refractivity (Wildman–Crippen MR) is 276 cm³/mol. The second kappa shape index (κ2) is 31.7. The highest BCUT2D eigenvalue weighted by Crippen LogP contribution is 2.39. The molecule has 0 fully saturated rings. The molecule has 0 amide bonds. The van der Waals surface area contributed by atoms with Crippen molar-refractivity contribution >= 4 is 28.9 Å². The summed E-state index contributed by atoms with van der Waals surface area (Å²) in [5.74, 6) is -10.5. The number of ether oxygens (including phenoxy) is 1. The number of aryl methyl sites for hydroxylation is 7. The Bertz CT molecular complexity index is 3100. The molecule has 4 nitrogen and oxygen atoms in total. The molecule has 0 N–H and O–H groups in total. The molecule has 0 aliphatic rings. The van der Waals surface area contributed by atoms with Crippen LogP contribution in [0.5, 0.6) is 5.75 Å². The van der Waals surface area contributed by atoms with Gasteiger partial charge in [0.05, 0.1) is 39.3 Å². The summed E-state index contributed by atoms with van der Waals surface area (Å²) in [5.41, 5.74) is -0.928. The minimum absolute atomic E-state index is 0.0721. The van der Waals surface area contributed by atoms with Gasteiger partial charge in [0, 0.05) is 5.56 Å². The van der Waals surface area contributed by atoms with Crippen LogP contribution in [0.2, 0.25) is 10.0 Å². The van der Waals surface area contributed by atoms with Crippen molar-refractivity contribution in [2.24, 2.45) is 0 Å². The van der Waals surface area contributed by atoms with Crippen LogP contribution in [0, 0.1) is 100 Å². The van der Waals surface area contributed by atoms with Gasteiger partial charge >= 0.3 is 36.6 Å². The first-order chi connectivity index (χ1) is 38.3. The third-order valence-corrected chi connectivity index (χ3v) is 11.4. The maximum atomic E-state index is 12.9. The monoisotopic (exact) mass is 1260 g/mol. The minimum Gasteiger partial charge on any atom is -0.493 e. The maximum absolute atomic E-state index is 12.9. The molecule has 0 radical (unpaired) electrons. The average molecular weight is 1260 g/mol. The van der Waals surface area contributed by atoms with E-state index in [9.17, 15) is 102 Å². The standard InChI is InChI=1S/C10H11F3O.C9H6F6.2C8H7F3.C8H10.C7H4Cl2FNO2.C7H3F5/c1-3-14-9-5-4-7(2)6-8(9)10(11,12)13;1-5-2-6(8(10,11)12)4-7(3-5)9(13,14)15;1-6-2-4-7(5-3-6)8(9,10)11;1-6-3-2-4-7(5-6)8(9,10)11;1-7-5-3-4-6-8(7)2;1-3-2-4(10)6(9)7(5(3)8)11(12)13;1-2-3(8)5(10)7(12)6(11)4(2)9/h4-6H,3H2,1-2H3;2-4H,1H3;2*2-5H,1H3;3-6H,1-2H3;2H,1H3;1H3. The van der Waals surface area contributed by atoms with Crippen LogP contribution in [0.25, 0.3) is 0 Å². The Labute approximate surface area is 477 Å². The number of rotatable bonds is 3.